The number of nitrogens with one attached hydrogen (secondary N) is 1. The Morgan fingerprint density at radius 1 is 1.40 bits per heavy atom. The van der Waals surface area contributed by atoms with Crippen molar-refractivity contribution in [3.63, 3.8) is 0 Å². The van der Waals surface area contributed by atoms with E-state index < -0.39 is 0 Å². The molecule has 0 aliphatic rings. The van der Waals surface area contributed by atoms with Gasteiger partial charge in [-0.05, 0) is 25.5 Å². The molecule has 0 bridgehead atoms. The average molecular weight is 273 g/mol. The Hall–Kier alpha value is -2.30. The number of aryl methyl sites for hydroxylation is 3. The maximum Gasteiger partial charge on any atom is 0.269 e. The highest BCUT2D eigenvalue weighted by atomic mass is 16.5. The van der Waals surface area contributed by atoms with Gasteiger partial charge in [0.25, 0.3) is 5.91 Å². The summed E-state index contributed by atoms with van der Waals surface area (Å²) in [5.74, 6) is 0.672. The topological polar surface area (TPSA) is 56.1 Å². The fraction of sp³-hybridized carbons (Fsp3) is 0.333. The molecule has 5 heteroatoms. The third-order valence-electron chi connectivity index (χ3n) is 3.17. The Balaban J connectivity index is 2.11. The number of amides is 1. The van der Waals surface area contributed by atoms with Crippen molar-refractivity contribution in [1.29, 1.82) is 0 Å². The normalized spacial score (nSPS) is 10.4. The molecule has 0 aliphatic heterocycles. The quantitative estimate of drug-likeness (QED) is 0.926. The first kappa shape index (κ1) is 14.1. The Morgan fingerprint density at radius 3 is 2.75 bits per heavy atom. The van der Waals surface area contributed by atoms with Crippen molar-refractivity contribution in [2.75, 3.05) is 7.11 Å². The van der Waals surface area contributed by atoms with Crippen LogP contribution in [0.5, 0.6) is 5.75 Å². The molecule has 2 rings (SSSR count). The minimum atomic E-state index is -0.142. The summed E-state index contributed by atoms with van der Waals surface area (Å²) in [4.78, 5) is 12.1. The largest absolute Gasteiger partial charge is 0.496 e. The van der Waals surface area contributed by atoms with Crippen molar-refractivity contribution in [3.8, 4) is 5.75 Å². The second-order valence-electron chi connectivity index (χ2n) is 4.74. The molecule has 1 amide bonds. The van der Waals surface area contributed by atoms with Crippen molar-refractivity contribution in [1.82, 2.24) is 15.1 Å². The summed E-state index contributed by atoms with van der Waals surface area (Å²) in [6, 6.07) is 7.64. The summed E-state index contributed by atoms with van der Waals surface area (Å²) >= 11 is 0. The standard InChI is InChI=1S/C15H19N3O2/c1-10-6-5-7-12(14(10)20-4)9-16-15(19)13-8-11(2)17-18(13)3/h5-8H,9H2,1-4H3,(H,16,19). The molecule has 0 atom stereocenters. The van der Waals surface area contributed by atoms with Crippen LogP contribution in [0.2, 0.25) is 0 Å². The van der Waals surface area contributed by atoms with Gasteiger partial charge >= 0.3 is 0 Å². The molecule has 1 N–H and O–H groups in total. The number of rotatable bonds is 4. The van der Waals surface area contributed by atoms with Gasteiger partial charge in [-0.15, -0.1) is 0 Å². The van der Waals surface area contributed by atoms with E-state index in [1.165, 1.54) is 0 Å². The van der Waals surface area contributed by atoms with Crippen LogP contribution in [0.15, 0.2) is 24.3 Å². The lowest BCUT2D eigenvalue weighted by Gasteiger charge is -2.12. The number of carbonyl (C=O) groups is 1. The lowest BCUT2D eigenvalue weighted by Crippen LogP contribution is -2.25. The molecule has 0 spiro atoms. The van der Waals surface area contributed by atoms with Crippen molar-refractivity contribution in [3.05, 3.63) is 46.8 Å². The fourth-order valence-electron chi connectivity index (χ4n) is 2.23. The Kier molecular flexibility index (Phi) is 4.08. The number of aromatic nitrogens is 2. The number of hydrogen-bond donors (Lipinski definition) is 1. The molecule has 1 aromatic heterocycles. The highest BCUT2D eigenvalue weighted by molar-refractivity contribution is 5.92. The SMILES string of the molecule is COc1c(C)cccc1CNC(=O)c1cc(C)nn1C. The van der Waals surface area contributed by atoms with Crippen LogP contribution >= 0.6 is 0 Å². The number of carbonyl (C=O) groups excluding carboxylic acids is 1. The van der Waals surface area contributed by atoms with Gasteiger partial charge in [-0.25, -0.2) is 0 Å². The number of para-hydroxylation sites is 1. The van der Waals surface area contributed by atoms with Crippen LogP contribution in [0.25, 0.3) is 0 Å². The molecule has 0 aliphatic carbocycles. The molecule has 1 aromatic carbocycles. The molecular weight excluding hydrogens is 254 g/mol. The Morgan fingerprint density at radius 2 is 2.15 bits per heavy atom. The van der Waals surface area contributed by atoms with E-state index in [0.717, 1.165) is 22.6 Å². The van der Waals surface area contributed by atoms with Gasteiger partial charge in [-0.3, -0.25) is 9.48 Å². The van der Waals surface area contributed by atoms with Crippen molar-refractivity contribution in [2.24, 2.45) is 7.05 Å². The van der Waals surface area contributed by atoms with Crippen LogP contribution < -0.4 is 10.1 Å². The van der Waals surface area contributed by atoms with E-state index in [-0.39, 0.29) is 5.91 Å². The number of methoxy groups -OCH3 is 1. The van der Waals surface area contributed by atoms with Crippen molar-refractivity contribution < 1.29 is 9.53 Å². The van der Waals surface area contributed by atoms with E-state index >= 15 is 0 Å². The number of hydrogen-bond acceptors (Lipinski definition) is 3. The third-order valence-corrected chi connectivity index (χ3v) is 3.17. The Bertz CT molecular complexity index is 632. The molecule has 0 unspecified atom stereocenters. The van der Waals surface area contributed by atoms with Crippen LogP contribution in [0.1, 0.15) is 27.3 Å². The van der Waals surface area contributed by atoms with Crippen molar-refractivity contribution in [2.45, 2.75) is 20.4 Å². The zero-order valence-electron chi connectivity index (χ0n) is 12.2. The van der Waals surface area contributed by atoms with Gasteiger partial charge in [0.2, 0.25) is 0 Å². The van der Waals surface area contributed by atoms with E-state index in [2.05, 4.69) is 10.4 Å². The summed E-state index contributed by atoms with van der Waals surface area (Å²) in [7, 11) is 3.40. The monoisotopic (exact) mass is 273 g/mol. The minimum Gasteiger partial charge on any atom is -0.496 e. The maximum atomic E-state index is 12.1. The van der Waals surface area contributed by atoms with Crippen LogP contribution in [0, 0.1) is 13.8 Å². The summed E-state index contributed by atoms with van der Waals surface area (Å²) in [5.41, 5.74) is 3.38. The molecule has 0 saturated carbocycles. The van der Waals surface area contributed by atoms with Crippen LogP contribution in [0.4, 0.5) is 0 Å². The molecule has 20 heavy (non-hydrogen) atoms. The number of ether oxygens (including phenoxy) is 1. The number of benzene rings is 1. The maximum absolute atomic E-state index is 12.1. The van der Waals surface area contributed by atoms with Gasteiger partial charge in [-0.1, -0.05) is 18.2 Å². The van der Waals surface area contributed by atoms with Crippen molar-refractivity contribution >= 4 is 5.91 Å². The van der Waals surface area contributed by atoms with E-state index in [1.54, 1.807) is 24.9 Å². The number of nitrogens with zero attached hydrogens (tertiary/aromatic N) is 2. The summed E-state index contributed by atoms with van der Waals surface area (Å²) in [5, 5.41) is 7.06. The van der Waals surface area contributed by atoms with Gasteiger partial charge < -0.3 is 10.1 Å². The molecule has 0 radical (unpaired) electrons. The molecular formula is C15H19N3O2. The van der Waals surface area contributed by atoms with E-state index in [1.807, 2.05) is 32.0 Å². The van der Waals surface area contributed by atoms with E-state index in [0.29, 0.717) is 12.2 Å². The molecule has 0 fully saturated rings. The zero-order chi connectivity index (χ0) is 14.7. The zero-order valence-corrected chi connectivity index (χ0v) is 12.2. The van der Waals surface area contributed by atoms with Crippen LogP contribution in [-0.2, 0) is 13.6 Å². The highest BCUT2D eigenvalue weighted by Crippen LogP contribution is 2.22. The third kappa shape index (κ3) is 2.82. The average Bonchev–Trinajstić information content (AvgIpc) is 2.75. The van der Waals surface area contributed by atoms with E-state index in [9.17, 15) is 4.79 Å². The lowest BCUT2D eigenvalue weighted by molar-refractivity contribution is 0.0941. The predicted molar refractivity (Wildman–Crippen MR) is 76.8 cm³/mol. The molecule has 0 saturated heterocycles. The molecule has 2 aromatic rings. The van der Waals surface area contributed by atoms with Crippen LogP contribution in [0.3, 0.4) is 0 Å². The second-order valence-corrected chi connectivity index (χ2v) is 4.74. The summed E-state index contributed by atoms with van der Waals surface area (Å²) in [6.07, 6.45) is 0. The molecule has 5 nitrogen and oxygen atoms in total. The molecule has 106 valence electrons. The smallest absolute Gasteiger partial charge is 0.269 e. The van der Waals surface area contributed by atoms with Gasteiger partial charge in [0, 0.05) is 19.2 Å². The van der Waals surface area contributed by atoms with Gasteiger partial charge in [0.1, 0.15) is 11.4 Å². The first-order chi connectivity index (χ1) is 9.52. The fourth-order valence-corrected chi connectivity index (χ4v) is 2.23. The predicted octanol–water partition coefficient (Wildman–Crippen LogP) is 1.98. The highest BCUT2D eigenvalue weighted by Gasteiger charge is 2.13. The van der Waals surface area contributed by atoms with Crippen LogP contribution in [-0.4, -0.2) is 22.8 Å². The summed E-state index contributed by atoms with van der Waals surface area (Å²) < 4.78 is 6.95. The first-order valence-electron chi connectivity index (χ1n) is 6.44. The second kappa shape index (κ2) is 5.77. The summed E-state index contributed by atoms with van der Waals surface area (Å²) in [6.45, 7) is 4.27. The molecule has 1 heterocycles. The van der Waals surface area contributed by atoms with Gasteiger partial charge in [-0.2, -0.15) is 5.10 Å². The van der Waals surface area contributed by atoms with E-state index in [4.69, 9.17) is 4.74 Å². The first-order valence-corrected chi connectivity index (χ1v) is 6.44. The Labute approximate surface area is 118 Å². The minimum absolute atomic E-state index is 0.142. The van der Waals surface area contributed by atoms with Gasteiger partial charge in [0.15, 0.2) is 0 Å². The van der Waals surface area contributed by atoms with Gasteiger partial charge in [0.05, 0.1) is 12.8 Å². The lowest BCUT2D eigenvalue weighted by atomic mass is 10.1.